The molecule has 0 bridgehead atoms. The molecule has 0 heterocycles. The van der Waals surface area contributed by atoms with Crippen LogP contribution >= 0.6 is 0 Å². The van der Waals surface area contributed by atoms with Gasteiger partial charge in [0.05, 0.1) is 0 Å². The van der Waals surface area contributed by atoms with E-state index in [0.29, 0.717) is 11.1 Å². The topological polar surface area (TPSA) is 57.5 Å². The van der Waals surface area contributed by atoms with Gasteiger partial charge in [-0.15, -0.1) is 0 Å². The fourth-order valence-corrected chi connectivity index (χ4v) is 2.41. The van der Waals surface area contributed by atoms with Crippen LogP contribution in [0.15, 0.2) is 66.7 Å². The van der Waals surface area contributed by atoms with E-state index in [-0.39, 0.29) is 11.3 Å². The minimum Gasteiger partial charge on any atom is -0.364 e. The SMILES string of the molecule is O=C(c1ccccc1)c1cc2ccccc2cc1C(O)O. The lowest BCUT2D eigenvalue weighted by atomic mass is 9.94. The molecule has 3 aromatic carbocycles. The molecule has 3 heteroatoms. The van der Waals surface area contributed by atoms with Crippen molar-refractivity contribution in [2.45, 2.75) is 6.29 Å². The van der Waals surface area contributed by atoms with Gasteiger partial charge in [-0.1, -0.05) is 54.6 Å². The first-order chi connectivity index (χ1) is 10.2. The summed E-state index contributed by atoms with van der Waals surface area (Å²) in [6.07, 6.45) is -1.68. The van der Waals surface area contributed by atoms with E-state index in [9.17, 15) is 15.0 Å². The molecule has 0 aromatic heterocycles. The van der Waals surface area contributed by atoms with Gasteiger partial charge in [0.1, 0.15) is 0 Å². The second-order valence-electron chi connectivity index (χ2n) is 4.86. The maximum atomic E-state index is 12.6. The zero-order valence-electron chi connectivity index (χ0n) is 11.2. The van der Waals surface area contributed by atoms with Crippen LogP contribution in [0.25, 0.3) is 10.8 Å². The minimum atomic E-state index is -1.68. The van der Waals surface area contributed by atoms with Gasteiger partial charge in [-0.05, 0) is 22.9 Å². The van der Waals surface area contributed by atoms with E-state index in [1.165, 1.54) is 0 Å². The molecule has 21 heavy (non-hydrogen) atoms. The Balaban J connectivity index is 2.20. The maximum Gasteiger partial charge on any atom is 0.193 e. The number of carbonyl (C=O) groups is 1. The summed E-state index contributed by atoms with van der Waals surface area (Å²) in [6, 6.07) is 19.7. The smallest absolute Gasteiger partial charge is 0.193 e. The molecule has 3 rings (SSSR count). The summed E-state index contributed by atoms with van der Waals surface area (Å²) in [5.41, 5.74) is 1.06. The number of fused-ring (bicyclic) bond motifs is 1. The molecule has 0 saturated heterocycles. The van der Waals surface area contributed by atoms with Crippen LogP contribution in [-0.2, 0) is 0 Å². The van der Waals surface area contributed by atoms with Gasteiger partial charge < -0.3 is 10.2 Å². The Hall–Kier alpha value is -2.49. The van der Waals surface area contributed by atoms with Gasteiger partial charge in [0.2, 0.25) is 0 Å². The van der Waals surface area contributed by atoms with Crippen molar-refractivity contribution >= 4 is 16.6 Å². The number of aliphatic hydroxyl groups is 2. The second-order valence-corrected chi connectivity index (χ2v) is 4.86. The molecule has 0 aliphatic carbocycles. The molecule has 0 atom stereocenters. The minimum absolute atomic E-state index is 0.218. The van der Waals surface area contributed by atoms with E-state index < -0.39 is 6.29 Å². The van der Waals surface area contributed by atoms with E-state index in [2.05, 4.69) is 0 Å². The molecule has 0 aliphatic rings. The monoisotopic (exact) mass is 278 g/mol. The number of aliphatic hydroxyl groups excluding tert-OH is 1. The van der Waals surface area contributed by atoms with Crippen LogP contribution in [0.2, 0.25) is 0 Å². The lowest BCUT2D eigenvalue weighted by Crippen LogP contribution is -2.08. The van der Waals surface area contributed by atoms with Crippen molar-refractivity contribution in [1.29, 1.82) is 0 Å². The summed E-state index contributed by atoms with van der Waals surface area (Å²) < 4.78 is 0. The van der Waals surface area contributed by atoms with E-state index in [4.69, 9.17) is 0 Å². The van der Waals surface area contributed by atoms with Crippen molar-refractivity contribution in [2.24, 2.45) is 0 Å². The number of ketones is 1. The van der Waals surface area contributed by atoms with Gasteiger partial charge in [0, 0.05) is 16.7 Å². The van der Waals surface area contributed by atoms with Gasteiger partial charge in [-0.3, -0.25) is 4.79 Å². The fourth-order valence-electron chi connectivity index (χ4n) is 2.41. The number of benzene rings is 3. The Labute approximate surface area is 122 Å². The largest absolute Gasteiger partial charge is 0.364 e. The Kier molecular flexibility index (Phi) is 3.52. The number of hydrogen-bond donors (Lipinski definition) is 2. The average molecular weight is 278 g/mol. The van der Waals surface area contributed by atoms with E-state index >= 15 is 0 Å². The van der Waals surface area contributed by atoms with Crippen LogP contribution in [0.3, 0.4) is 0 Å². The Bertz CT molecular complexity index is 792. The molecule has 0 spiro atoms. The van der Waals surface area contributed by atoms with Crippen LogP contribution in [-0.4, -0.2) is 16.0 Å². The lowest BCUT2D eigenvalue weighted by molar-refractivity contribution is -0.0428. The first kappa shape index (κ1) is 13.5. The van der Waals surface area contributed by atoms with E-state index in [1.807, 2.05) is 30.3 Å². The first-order valence-corrected chi connectivity index (χ1v) is 6.65. The Morgan fingerprint density at radius 2 is 1.38 bits per heavy atom. The summed E-state index contributed by atoms with van der Waals surface area (Å²) in [7, 11) is 0. The highest BCUT2D eigenvalue weighted by atomic mass is 16.5. The van der Waals surface area contributed by atoms with Crippen LogP contribution in [0, 0.1) is 0 Å². The van der Waals surface area contributed by atoms with Crippen molar-refractivity contribution < 1.29 is 15.0 Å². The number of carbonyl (C=O) groups excluding carboxylic acids is 1. The summed E-state index contributed by atoms with van der Waals surface area (Å²) >= 11 is 0. The molecule has 0 amide bonds. The van der Waals surface area contributed by atoms with Gasteiger partial charge in [0.25, 0.3) is 0 Å². The highest BCUT2D eigenvalue weighted by Gasteiger charge is 2.18. The maximum absolute atomic E-state index is 12.6. The van der Waals surface area contributed by atoms with E-state index in [0.717, 1.165) is 10.8 Å². The van der Waals surface area contributed by atoms with Crippen molar-refractivity contribution in [3.63, 3.8) is 0 Å². The molecular formula is C18H14O3. The van der Waals surface area contributed by atoms with Gasteiger partial charge >= 0.3 is 0 Å². The Morgan fingerprint density at radius 3 is 2.00 bits per heavy atom. The zero-order chi connectivity index (χ0) is 14.8. The van der Waals surface area contributed by atoms with Crippen LogP contribution in [0.5, 0.6) is 0 Å². The Morgan fingerprint density at radius 1 is 0.810 bits per heavy atom. The van der Waals surface area contributed by atoms with Gasteiger partial charge in [-0.25, -0.2) is 0 Å². The summed E-state index contributed by atoms with van der Waals surface area (Å²) in [5.74, 6) is -0.218. The average Bonchev–Trinajstić information content (AvgIpc) is 2.53. The normalized spacial score (nSPS) is 11.0. The van der Waals surface area contributed by atoms with E-state index in [1.54, 1.807) is 36.4 Å². The molecule has 3 nitrogen and oxygen atoms in total. The summed E-state index contributed by atoms with van der Waals surface area (Å²) in [4.78, 5) is 12.6. The van der Waals surface area contributed by atoms with Gasteiger partial charge in [-0.2, -0.15) is 0 Å². The van der Waals surface area contributed by atoms with Gasteiger partial charge in [0.15, 0.2) is 12.1 Å². The summed E-state index contributed by atoms with van der Waals surface area (Å²) in [5, 5.41) is 20.9. The zero-order valence-corrected chi connectivity index (χ0v) is 11.2. The fraction of sp³-hybridized carbons (Fsp3) is 0.0556. The predicted octanol–water partition coefficient (Wildman–Crippen LogP) is 3.05. The molecule has 0 fully saturated rings. The molecule has 0 radical (unpaired) electrons. The molecule has 0 aliphatic heterocycles. The molecular weight excluding hydrogens is 264 g/mol. The third-order valence-electron chi connectivity index (χ3n) is 3.48. The van der Waals surface area contributed by atoms with Crippen molar-refractivity contribution in [1.82, 2.24) is 0 Å². The number of rotatable bonds is 3. The third-order valence-corrected chi connectivity index (χ3v) is 3.48. The number of hydrogen-bond acceptors (Lipinski definition) is 3. The highest BCUT2D eigenvalue weighted by Crippen LogP contribution is 2.26. The standard InChI is InChI=1S/C18H14O3/c19-17(12-6-2-1-3-7-12)15-10-13-8-4-5-9-14(13)11-16(15)18(20)21/h1-11,18,20-21H. The summed E-state index contributed by atoms with van der Waals surface area (Å²) in [6.45, 7) is 0. The molecule has 2 N–H and O–H groups in total. The third kappa shape index (κ3) is 2.57. The van der Waals surface area contributed by atoms with Crippen molar-refractivity contribution in [2.75, 3.05) is 0 Å². The molecule has 3 aromatic rings. The lowest BCUT2D eigenvalue weighted by Gasteiger charge is -2.12. The molecule has 0 saturated carbocycles. The van der Waals surface area contributed by atoms with Crippen molar-refractivity contribution in [3.05, 3.63) is 83.4 Å². The van der Waals surface area contributed by atoms with Crippen LogP contribution < -0.4 is 0 Å². The van der Waals surface area contributed by atoms with Crippen LogP contribution in [0.4, 0.5) is 0 Å². The van der Waals surface area contributed by atoms with Crippen molar-refractivity contribution in [3.8, 4) is 0 Å². The first-order valence-electron chi connectivity index (χ1n) is 6.65. The van der Waals surface area contributed by atoms with Crippen LogP contribution in [0.1, 0.15) is 27.8 Å². The molecule has 104 valence electrons. The second kappa shape index (κ2) is 5.48. The highest BCUT2D eigenvalue weighted by molar-refractivity contribution is 6.11. The molecule has 0 unspecified atom stereocenters. The quantitative estimate of drug-likeness (QED) is 0.572. The predicted molar refractivity (Wildman–Crippen MR) is 81.0 cm³/mol.